The molecule has 1 aliphatic rings. The van der Waals surface area contributed by atoms with E-state index in [-0.39, 0.29) is 17.6 Å². The number of carboxylic acids is 1. The molecule has 0 bridgehead atoms. The highest BCUT2D eigenvalue weighted by Crippen LogP contribution is 2.25. The van der Waals surface area contributed by atoms with Crippen LogP contribution < -0.4 is 10.2 Å². The lowest BCUT2D eigenvalue weighted by atomic mass is 10.0. The highest BCUT2D eigenvalue weighted by molar-refractivity contribution is 6.05. The fourth-order valence-corrected chi connectivity index (χ4v) is 3.70. The molecule has 0 spiro atoms. The van der Waals surface area contributed by atoms with E-state index in [9.17, 15) is 14.7 Å². The van der Waals surface area contributed by atoms with E-state index in [1.807, 2.05) is 19.1 Å². The molecule has 29 heavy (non-hydrogen) atoms. The van der Waals surface area contributed by atoms with Crippen molar-refractivity contribution in [2.75, 3.05) is 30.4 Å². The number of aryl methyl sites for hydroxylation is 3. The van der Waals surface area contributed by atoms with Crippen LogP contribution in [-0.4, -0.2) is 48.3 Å². The predicted molar refractivity (Wildman–Crippen MR) is 112 cm³/mol. The predicted octanol–water partition coefficient (Wildman–Crippen LogP) is 3.57. The smallest absolute Gasteiger partial charge is 0.335 e. The number of methoxy groups -OCH3 is 1. The number of amides is 1. The molecule has 1 aliphatic heterocycles. The van der Waals surface area contributed by atoms with Crippen LogP contribution in [0.1, 0.15) is 50.4 Å². The van der Waals surface area contributed by atoms with Crippen molar-refractivity contribution in [1.29, 1.82) is 0 Å². The summed E-state index contributed by atoms with van der Waals surface area (Å²) in [6.45, 7) is 7.10. The van der Waals surface area contributed by atoms with E-state index >= 15 is 0 Å². The molecule has 2 N–H and O–H groups in total. The van der Waals surface area contributed by atoms with E-state index in [1.165, 1.54) is 0 Å². The van der Waals surface area contributed by atoms with Gasteiger partial charge in [-0.1, -0.05) is 6.07 Å². The summed E-state index contributed by atoms with van der Waals surface area (Å²) in [4.78, 5) is 31.0. The number of aromatic nitrogens is 1. The Balaban J connectivity index is 1.82. The van der Waals surface area contributed by atoms with Crippen LogP contribution in [0.2, 0.25) is 0 Å². The molecular weight excluding hydrogens is 370 g/mol. The number of anilines is 2. The lowest BCUT2D eigenvalue weighted by Crippen LogP contribution is -2.37. The second-order valence-corrected chi connectivity index (χ2v) is 7.50. The summed E-state index contributed by atoms with van der Waals surface area (Å²) in [5.74, 6) is -0.507. The van der Waals surface area contributed by atoms with Crippen molar-refractivity contribution in [1.82, 2.24) is 4.98 Å². The molecule has 0 radical (unpaired) electrons. The van der Waals surface area contributed by atoms with Crippen molar-refractivity contribution in [3.63, 3.8) is 0 Å². The normalized spacial score (nSPS) is 14.7. The lowest BCUT2D eigenvalue weighted by molar-refractivity contribution is 0.0696. The zero-order valence-electron chi connectivity index (χ0n) is 17.3. The Morgan fingerprint density at radius 3 is 2.28 bits per heavy atom. The molecule has 0 atom stereocenters. The number of rotatable bonds is 5. The summed E-state index contributed by atoms with van der Waals surface area (Å²) < 4.78 is 5.42. The van der Waals surface area contributed by atoms with Gasteiger partial charge in [-0.15, -0.1) is 0 Å². The summed E-state index contributed by atoms with van der Waals surface area (Å²) >= 11 is 0. The van der Waals surface area contributed by atoms with Gasteiger partial charge >= 0.3 is 5.97 Å². The quantitative estimate of drug-likeness (QED) is 0.801. The second kappa shape index (κ2) is 8.61. The van der Waals surface area contributed by atoms with Gasteiger partial charge in [0.1, 0.15) is 11.5 Å². The highest BCUT2D eigenvalue weighted by atomic mass is 16.5. The molecule has 1 aromatic carbocycles. The first-order valence-electron chi connectivity index (χ1n) is 9.71. The molecule has 7 nitrogen and oxygen atoms in total. The number of nitrogens with one attached hydrogen (secondary N) is 1. The Morgan fingerprint density at radius 1 is 1.10 bits per heavy atom. The van der Waals surface area contributed by atoms with Gasteiger partial charge in [0.15, 0.2) is 0 Å². The number of benzene rings is 1. The number of carboxylic acid groups (broad SMARTS) is 1. The number of ether oxygens (including phenoxy) is 1. The van der Waals surface area contributed by atoms with Crippen molar-refractivity contribution < 1.29 is 19.4 Å². The summed E-state index contributed by atoms with van der Waals surface area (Å²) in [5.41, 5.74) is 3.38. The monoisotopic (exact) mass is 397 g/mol. The topological polar surface area (TPSA) is 91.8 Å². The molecule has 1 amide bonds. The third kappa shape index (κ3) is 4.56. The highest BCUT2D eigenvalue weighted by Gasteiger charge is 2.22. The molecule has 2 aromatic rings. The SMILES string of the molecule is COC1CCN(c2ccc(C)c(C(=O)Nc3c(C)cc(C(=O)O)cc3C)n2)CC1. The van der Waals surface area contributed by atoms with Gasteiger partial charge in [0.2, 0.25) is 0 Å². The summed E-state index contributed by atoms with van der Waals surface area (Å²) in [5, 5.41) is 12.1. The summed E-state index contributed by atoms with van der Waals surface area (Å²) in [6, 6.07) is 6.97. The van der Waals surface area contributed by atoms with Crippen molar-refractivity contribution in [2.45, 2.75) is 39.7 Å². The largest absolute Gasteiger partial charge is 0.478 e. The van der Waals surface area contributed by atoms with Crippen molar-refractivity contribution in [3.8, 4) is 0 Å². The standard InChI is InChI=1S/C22H27N3O4/c1-13-5-6-18(25-9-7-17(29-4)8-10-25)23-20(13)21(26)24-19-14(2)11-16(22(27)28)12-15(19)3/h5-6,11-12,17H,7-10H2,1-4H3,(H,24,26)(H,27,28). The van der Waals surface area contributed by atoms with Gasteiger partial charge in [-0.05, 0) is 68.5 Å². The lowest BCUT2D eigenvalue weighted by Gasteiger charge is -2.32. The first-order valence-corrected chi connectivity index (χ1v) is 9.71. The van der Waals surface area contributed by atoms with E-state index in [0.29, 0.717) is 22.5 Å². The molecular formula is C22H27N3O4. The number of nitrogens with zero attached hydrogens (tertiary/aromatic N) is 2. The molecule has 3 rings (SSSR count). The third-order valence-corrected chi connectivity index (χ3v) is 5.41. The molecule has 0 unspecified atom stereocenters. The number of piperidine rings is 1. The van der Waals surface area contributed by atoms with Gasteiger partial charge in [-0.25, -0.2) is 9.78 Å². The van der Waals surface area contributed by atoms with Crippen molar-refractivity contribution >= 4 is 23.4 Å². The Hall–Kier alpha value is -2.93. The van der Waals surface area contributed by atoms with E-state index in [0.717, 1.165) is 37.3 Å². The van der Waals surface area contributed by atoms with Crippen LogP contribution >= 0.6 is 0 Å². The van der Waals surface area contributed by atoms with E-state index < -0.39 is 5.97 Å². The fraction of sp³-hybridized carbons (Fsp3) is 0.409. The van der Waals surface area contributed by atoms with E-state index in [1.54, 1.807) is 33.1 Å². The Labute approximate surface area is 170 Å². The van der Waals surface area contributed by atoms with Crippen molar-refractivity contribution in [3.05, 3.63) is 52.2 Å². The first-order chi connectivity index (χ1) is 13.8. The molecule has 2 heterocycles. The van der Waals surface area contributed by atoms with Crippen LogP contribution in [0.15, 0.2) is 24.3 Å². The average Bonchev–Trinajstić information content (AvgIpc) is 2.70. The van der Waals surface area contributed by atoms with Crippen LogP contribution in [0.25, 0.3) is 0 Å². The van der Waals surface area contributed by atoms with Crippen molar-refractivity contribution in [2.24, 2.45) is 0 Å². The maximum atomic E-state index is 13.0. The Kier molecular flexibility index (Phi) is 6.17. The Morgan fingerprint density at radius 2 is 1.72 bits per heavy atom. The zero-order valence-corrected chi connectivity index (χ0v) is 17.3. The van der Waals surface area contributed by atoms with Gasteiger partial charge < -0.3 is 20.1 Å². The minimum Gasteiger partial charge on any atom is -0.478 e. The zero-order chi connectivity index (χ0) is 21.1. The minimum atomic E-state index is -0.989. The van der Waals surface area contributed by atoms with E-state index in [2.05, 4.69) is 15.2 Å². The maximum absolute atomic E-state index is 13.0. The first kappa shape index (κ1) is 20.8. The van der Waals surface area contributed by atoms with E-state index in [4.69, 9.17) is 4.74 Å². The number of aromatic carboxylic acids is 1. The number of carbonyl (C=O) groups excluding carboxylic acids is 1. The van der Waals surface area contributed by atoms with Gasteiger partial charge in [-0.2, -0.15) is 0 Å². The van der Waals surface area contributed by atoms with Gasteiger partial charge in [0, 0.05) is 25.9 Å². The molecule has 0 saturated carbocycles. The number of hydrogen-bond acceptors (Lipinski definition) is 5. The number of pyridine rings is 1. The van der Waals surface area contributed by atoms with Crippen LogP contribution in [0.5, 0.6) is 0 Å². The van der Waals surface area contributed by atoms with Crippen LogP contribution in [0.4, 0.5) is 11.5 Å². The molecule has 7 heteroatoms. The summed E-state index contributed by atoms with van der Waals surface area (Å²) in [6.07, 6.45) is 2.14. The second-order valence-electron chi connectivity index (χ2n) is 7.50. The van der Waals surface area contributed by atoms with Crippen LogP contribution in [0, 0.1) is 20.8 Å². The molecule has 0 aliphatic carbocycles. The third-order valence-electron chi connectivity index (χ3n) is 5.41. The maximum Gasteiger partial charge on any atom is 0.335 e. The molecule has 154 valence electrons. The van der Waals surface area contributed by atoms with Crippen LogP contribution in [0.3, 0.4) is 0 Å². The fourth-order valence-electron chi connectivity index (χ4n) is 3.70. The molecule has 1 fully saturated rings. The molecule has 1 saturated heterocycles. The van der Waals surface area contributed by atoms with Gasteiger partial charge in [0.05, 0.1) is 11.7 Å². The van der Waals surface area contributed by atoms with Crippen LogP contribution in [-0.2, 0) is 4.74 Å². The number of carbonyl (C=O) groups is 2. The summed E-state index contributed by atoms with van der Waals surface area (Å²) in [7, 11) is 1.74. The van der Waals surface area contributed by atoms with Gasteiger partial charge in [0.25, 0.3) is 5.91 Å². The average molecular weight is 397 g/mol. The molecule has 1 aromatic heterocycles. The number of hydrogen-bond donors (Lipinski definition) is 2. The minimum absolute atomic E-state index is 0.203. The van der Waals surface area contributed by atoms with Gasteiger partial charge in [-0.3, -0.25) is 4.79 Å². The Bertz CT molecular complexity index is 911.